The van der Waals surface area contributed by atoms with Crippen molar-refractivity contribution in [1.82, 2.24) is 5.32 Å². The van der Waals surface area contributed by atoms with Crippen LogP contribution in [0.3, 0.4) is 0 Å². The zero-order valence-corrected chi connectivity index (χ0v) is 11.5. The van der Waals surface area contributed by atoms with Crippen LogP contribution >= 0.6 is 0 Å². The Morgan fingerprint density at radius 1 is 1.13 bits per heavy atom. The number of hydrogen-bond donors (Lipinski definition) is 1. The first-order valence-electron chi connectivity index (χ1n) is 6.87. The molecule has 0 saturated carbocycles. The van der Waals surface area contributed by atoms with E-state index in [2.05, 4.69) is 39.9 Å². The van der Waals surface area contributed by atoms with Crippen LogP contribution in [0.1, 0.15) is 66.7 Å². The quantitative estimate of drug-likeness (QED) is 0.604. The van der Waals surface area contributed by atoms with E-state index in [0.717, 1.165) is 12.5 Å². The van der Waals surface area contributed by atoms with Crippen molar-refractivity contribution < 1.29 is 0 Å². The maximum Gasteiger partial charge on any atom is 0.00101 e. The second-order valence-corrected chi connectivity index (χ2v) is 4.91. The van der Waals surface area contributed by atoms with Crippen molar-refractivity contribution in [2.75, 3.05) is 13.1 Å². The van der Waals surface area contributed by atoms with Gasteiger partial charge in [-0.3, -0.25) is 0 Å². The van der Waals surface area contributed by atoms with E-state index in [1.165, 1.54) is 38.6 Å². The number of nitrogens with one attached hydrogen (secondary N) is 1. The van der Waals surface area contributed by atoms with Crippen LogP contribution in [0.5, 0.6) is 0 Å². The fourth-order valence-electron chi connectivity index (χ4n) is 2.50. The molecule has 0 spiro atoms. The standard InChI is InChI=1S/C14H31N/c1-6-10-11-14(8-3,12-15-9-4)13(5)7-2/h13,15H,6-12H2,1-5H3. The van der Waals surface area contributed by atoms with E-state index >= 15 is 0 Å². The summed E-state index contributed by atoms with van der Waals surface area (Å²) >= 11 is 0. The van der Waals surface area contributed by atoms with Gasteiger partial charge >= 0.3 is 0 Å². The Morgan fingerprint density at radius 2 is 1.80 bits per heavy atom. The maximum atomic E-state index is 3.56. The molecule has 2 atom stereocenters. The summed E-state index contributed by atoms with van der Waals surface area (Å²) in [4.78, 5) is 0. The lowest BCUT2D eigenvalue weighted by atomic mass is 9.69. The summed E-state index contributed by atoms with van der Waals surface area (Å²) in [7, 11) is 0. The zero-order valence-electron chi connectivity index (χ0n) is 11.5. The van der Waals surface area contributed by atoms with Crippen LogP contribution in [0, 0.1) is 11.3 Å². The molecule has 1 N–H and O–H groups in total. The van der Waals surface area contributed by atoms with E-state index in [1.54, 1.807) is 0 Å². The van der Waals surface area contributed by atoms with E-state index in [0.29, 0.717) is 5.41 Å². The Hall–Kier alpha value is -0.0400. The van der Waals surface area contributed by atoms with E-state index < -0.39 is 0 Å². The van der Waals surface area contributed by atoms with E-state index in [-0.39, 0.29) is 0 Å². The van der Waals surface area contributed by atoms with Gasteiger partial charge < -0.3 is 5.32 Å². The van der Waals surface area contributed by atoms with Crippen molar-refractivity contribution in [3.63, 3.8) is 0 Å². The van der Waals surface area contributed by atoms with Gasteiger partial charge in [-0.1, -0.05) is 53.9 Å². The summed E-state index contributed by atoms with van der Waals surface area (Å²) in [6.45, 7) is 13.9. The van der Waals surface area contributed by atoms with Crippen molar-refractivity contribution in [3.05, 3.63) is 0 Å². The number of unbranched alkanes of at least 4 members (excludes halogenated alkanes) is 1. The highest BCUT2D eigenvalue weighted by atomic mass is 14.9. The van der Waals surface area contributed by atoms with Crippen LogP contribution < -0.4 is 5.32 Å². The first-order chi connectivity index (χ1) is 7.16. The molecule has 0 amide bonds. The van der Waals surface area contributed by atoms with Crippen LogP contribution in [-0.2, 0) is 0 Å². The molecular weight excluding hydrogens is 182 g/mol. The number of rotatable bonds is 9. The topological polar surface area (TPSA) is 12.0 Å². The molecule has 0 aliphatic carbocycles. The third kappa shape index (κ3) is 4.55. The monoisotopic (exact) mass is 213 g/mol. The van der Waals surface area contributed by atoms with E-state index in [9.17, 15) is 0 Å². The third-order valence-corrected chi connectivity index (χ3v) is 4.12. The Bertz CT molecular complexity index is 134. The van der Waals surface area contributed by atoms with Crippen LogP contribution in [0.4, 0.5) is 0 Å². The van der Waals surface area contributed by atoms with Gasteiger partial charge in [-0.2, -0.15) is 0 Å². The van der Waals surface area contributed by atoms with Gasteiger partial charge in [0.25, 0.3) is 0 Å². The molecule has 0 bridgehead atoms. The molecule has 0 aliphatic rings. The average molecular weight is 213 g/mol. The van der Waals surface area contributed by atoms with Gasteiger partial charge in [-0.05, 0) is 30.7 Å². The van der Waals surface area contributed by atoms with Crippen molar-refractivity contribution in [3.8, 4) is 0 Å². The first-order valence-corrected chi connectivity index (χ1v) is 6.87. The van der Waals surface area contributed by atoms with Gasteiger partial charge in [0.15, 0.2) is 0 Å². The molecule has 92 valence electrons. The van der Waals surface area contributed by atoms with Gasteiger partial charge in [-0.15, -0.1) is 0 Å². The molecule has 0 heterocycles. The van der Waals surface area contributed by atoms with Crippen molar-refractivity contribution in [2.45, 2.75) is 66.7 Å². The molecule has 0 aromatic heterocycles. The third-order valence-electron chi connectivity index (χ3n) is 4.12. The lowest BCUT2D eigenvalue weighted by molar-refractivity contribution is 0.136. The van der Waals surface area contributed by atoms with Gasteiger partial charge in [-0.25, -0.2) is 0 Å². The zero-order chi connectivity index (χ0) is 11.7. The van der Waals surface area contributed by atoms with Crippen LogP contribution in [0.15, 0.2) is 0 Å². The van der Waals surface area contributed by atoms with Crippen LogP contribution in [0.25, 0.3) is 0 Å². The fourth-order valence-corrected chi connectivity index (χ4v) is 2.50. The predicted molar refractivity (Wildman–Crippen MR) is 70.2 cm³/mol. The second kappa shape index (κ2) is 8.15. The molecule has 0 radical (unpaired) electrons. The van der Waals surface area contributed by atoms with Crippen LogP contribution in [0.2, 0.25) is 0 Å². The fraction of sp³-hybridized carbons (Fsp3) is 1.00. The molecule has 2 unspecified atom stereocenters. The molecule has 0 aromatic carbocycles. The first kappa shape index (κ1) is 15.0. The van der Waals surface area contributed by atoms with Gasteiger partial charge in [0.05, 0.1) is 0 Å². The summed E-state index contributed by atoms with van der Waals surface area (Å²) in [5, 5.41) is 3.56. The van der Waals surface area contributed by atoms with Crippen LogP contribution in [-0.4, -0.2) is 13.1 Å². The Labute approximate surface area is 97.0 Å². The molecule has 0 saturated heterocycles. The highest BCUT2D eigenvalue weighted by molar-refractivity contribution is 4.84. The molecular formula is C14H31N. The molecule has 0 aromatic rings. The molecule has 1 heteroatoms. The van der Waals surface area contributed by atoms with Gasteiger partial charge in [0.1, 0.15) is 0 Å². The lowest BCUT2D eigenvalue weighted by Gasteiger charge is -2.39. The maximum absolute atomic E-state index is 3.56. The lowest BCUT2D eigenvalue weighted by Crippen LogP contribution is -2.39. The van der Waals surface area contributed by atoms with Crippen molar-refractivity contribution >= 4 is 0 Å². The summed E-state index contributed by atoms with van der Waals surface area (Å²) in [6.07, 6.45) is 6.72. The minimum Gasteiger partial charge on any atom is -0.316 e. The summed E-state index contributed by atoms with van der Waals surface area (Å²) < 4.78 is 0. The smallest absolute Gasteiger partial charge is 0.00101 e. The highest BCUT2D eigenvalue weighted by Crippen LogP contribution is 2.38. The Kier molecular flexibility index (Phi) is 8.13. The normalized spacial score (nSPS) is 17.4. The predicted octanol–water partition coefficient (Wildman–Crippen LogP) is 4.23. The minimum absolute atomic E-state index is 0.542. The minimum atomic E-state index is 0.542. The number of hydrogen-bond acceptors (Lipinski definition) is 1. The molecule has 1 nitrogen and oxygen atoms in total. The molecule has 0 aliphatic heterocycles. The van der Waals surface area contributed by atoms with E-state index in [4.69, 9.17) is 0 Å². The Morgan fingerprint density at radius 3 is 2.20 bits per heavy atom. The average Bonchev–Trinajstić information content (AvgIpc) is 2.29. The molecule has 15 heavy (non-hydrogen) atoms. The SMILES string of the molecule is CCCCC(CC)(CNCC)C(C)CC. The van der Waals surface area contributed by atoms with E-state index in [1.807, 2.05) is 0 Å². The summed E-state index contributed by atoms with van der Waals surface area (Å²) in [5.74, 6) is 0.841. The largest absolute Gasteiger partial charge is 0.316 e. The van der Waals surface area contributed by atoms with Crippen molar-refractivity contribution in [1.29, 1.82) is 0 Å². The van der Waals surface area contributed by atoms with Gasteiger partial charge in [0, 0.05) is 6.54 Å². The summed E-state index contributed by atoms with van der Waals surface area (Å²) in [6, 6.07) is 0. The second-order valence-electron chi connectivity index (χ2n) is 4.91. The Balaban J connectivity index is 4.43. The highest BCUT2D eigenvalue weighted by Gasteiger charge is 2.32. The summed E-state index contributed by atoms with van der Waals surface area (Å²) in [5.41, 5.74) is 0.542. The molecule has 0 rings (SSSR count). The molecule has 0 fully saturated rings. The van der Waals surface area contributed by atoms with Gasteiger partial charge in [0.2, 0.25) is 0 Å². The van der Waals surface area contributed by atoms with Crippen molar-refractivity contribution in [2.24, 2.45) is 11.3 Å².